The standard InChI is InChI=1S/C4H5BrF3NO2/c5-1(3(10)11)2(9)4(6,7)8/h1-2H,9H2,(H,10,11)/p-1/t1-,2+/m1/s1. The Hall–Kier alpha value is -0.300. The summed E-state index contributed by atoms with van der Waals surface area (Å²) < 4.78 is 34.8. The number of carbonyl (C=O) groups excluding carboxylic acids is 1. The summed E-state index contributed by atoms with van der Waals surface area (Å²) in [4.78, 5) is 7.95. The second kappa shape index (κ2) is 3.40. The summed E-state index contributed by atoms with van der Waals surface area (Å²) in [6.45, 7) is 0. The van der Waals surface area contributed by atoms with Crippen molar-refractivity contribution in [1.29, 1.82) is 0 Å². The van der Waals surface area contributed by atoms with Crippen LogP contribution in [0, 0.1) is 0 Å². The maximum absolute atomic E-state index is 11.6. The number of nitrogens with two attached hydrogens (primary N) is 1. The number of aliphatic carboxylic acids is 1. The highest BCUT2D eigenvalue weighted by Gasteiger charge is 2.41. The molecular weight excluding hydrogens is 231 g/mol. The van der Waals surface area contributed by atoms with Crippen molar-refractivity contribution < 1.29 is 23.1 Å². The van der Waals surface area contributed by atoms with Gasteiger partial charge in [0.25, 0.3) is 0 Å². The Morgan fingerprint density at radius 2 is 1.91 bits per heavy atom. The van der Waals surface area contributed by atoms with Crippen molar-refractivity contribution in [3.63, 3.8) is 0 Å². The number of hydrogen-bond acceptors (Lipinski definition) is 3. The SMILES string of the molecule is N[C@@H]([C@@H](Br)C(=O)[O-])C(F)(F)F. The van der Waals surface area contributed by atoms with Gasteiger partial charge in [0.05, 0.1) is 10.8 Å². The second-order valence-corrected chi connectivity index (χ2v) is 2.77. The Morgan fingerprint density at radius 1 is 1.55 bits per heavy atom. The third-order valence-corrected chi connectivity index (χ3v) is 1.86. The number of rotatable bonds is 2. The highest BCUT2D eigenvalue weighted by Crippen LogP contribution is 2.23. The first-order valence-electron chi connectivity index (χ1n) is 2.44. The zero-order valence-electron chi connectivity index (χ0n) is 5.06. The first-order chi connectivity index (χ1) is 4.76. The van der Waals surface area contributed by atoms with Crippen LogP contribution >= 0.6 is 15.9 Å². The van der Waals surface area contributed by atoms with Crippen LogP contribution in [0.15, 0.2) is 0 Å². The molecule has 0 bridgehead atoms. The lowest BCUT2D eigenvalue weighted by Crippen LogP contribution is -2.51. The van der Waals surface area contributed by atoms with Crippen LogP contribution < -0.4 is 10.8 Å². The van der Waals surface area contributed by atoms with Crippen LogP contribution in [0.1, 0.15) is 0 Å². The van der Waals surface area contributed by atoms with Gasteiger partial charge in [0.2, 0.25) is 0 Å². The number of halogens is 4. The number of alkyl halides is 4. The van der Waals surface area contributed by atoms with Gasteiger partial charge in [0.1, 0.15) is 6.04 Å². The third-order valence-electron chi connectivity index (χ3n) is 0.918. The molecule has 0 aliphatic rings. The predicted octanol–water partition coefficient (Wildman–Crippen LogP) is -0.611. The van der Waals surface area contributed by atoms with Crippen molar-refractivity contribution in [3.8, 4) is 0 Å². The fraction of sp³-hybridized carbons (Fsp3) is 0.750. The molecule has 0 aliphatic heterocycles. The molecule has 0 unspecified atom stereocenters. The summed E-state index contributed by atoms with van der Waals surface area (Å²) in [5.41, 5.74) is 4.50. The summed E-state index contributed by atoms with van der Waals surface area (Å²) in [6, 6.07) is -2.44. The van der Waals surface area contributed by atoms with E-state index >= 15 is 0 Å². The van der Waals surface area contributed by atoms with Gasteiger partial charge in [-0.3, -0.25) is 0 Å². The minimum absolute atomic E-state index is 1.88. The van der Waals surface area contributed by atoms with Crippen molar-refractivity contribution in [2.45, 2.75) is 17.0 Å². The molecule has 0 aliphatic carbocycles. The molecule has 0 saturated carbocycles. The maximum Gasteiger partial charge on any atom is 0.405 e. The smallest absolute Gasteiger partial charge is 0.405 e. The average molecular weight is 235 g/mol. The van der Waals surface area contributed by atoms with E-state index in [-0.39, 0.29) is 0 Å². The minimum atomic E-state index is -4.73. The molecule has 7 heteroatoms. The van der Waals surface area contributed by atoms with Gasteiger partial charge in [-0.2, -0.15) is 13.2 Å². The lowest BCUT2D eigenvalue weighted by molar-refractivity contribution is -0.307. The fourth-order valence-corrected chi connectivity index (χ4v) is 0.612. The molecule has 3 nitrogen and oxygen atoms in total. The zero-order chi connectivity index (χ0) is 9.23. The largest absolute Gasteiger partial charge is 0.549 e. The molecule has 0 aromatic rings. The van der Waals surface area contributed by atoms with Gasteiger partial charge in [-0.15, -0.1) is 0 Å². The van der Waals surface area contributed by atoms with Crippen LogP contribution in [0.25, 0.3) is 0 Å². The number of carbonyl (C=O) groups is 1. The normalized spacial score (nSPS) is 17.5. The van der Waals surface area contributed by atoms with Crippen LogP contribution in [0.2, 0.25) is 0 Å². The van der Waals surface area contributed by atoms with Crippen LogP contribution in [0.4, 0.5) is 13.2 Å². The number of carboxylic acids is 1. The van der Waals surface area contributed by atoms with Gasteiger partial charge in [-0.25, -0.2) is 0 Å². The molecule has 66 valence electrons. The molecular formula is C4H4BrF3NO2-. The maximum atomic E-state index is 11.6. The molecule has 0 aromatic heterocycles. The van der Waals surface area contributed by atoms with Gasteiger partial charge in [0, 0.05) is 0 Å². The number of hydrogen-bond donors (Lipinski definition) is 1. The Kier molecular flexibility index (Phi) is 3.30. The molecule has 0 spiro atoms. The molecule has 0 radical (unpaired) electrons. The van der Waals surface area contributed by atoms with E-state index in [1.54, 1.807) is 0 Å². The second-order valence-electron chi connectivity index (χ2n) is 1.79. The third kappa shape index (κ3) is 3.06. The molecule has 0 amide bonds. The van der Waals surface area contributed by atoms with E-state index in [1.807, 2.05) is 0 Å². The van der Waals surface area contributed by atoms with Crippen LogP contribution in [0.5, 0.6) is 0 Å². The van der Waals surface area contributed by atoms with Gasteiger partial charge in [-0.05, 0) is 0 Å². The van der Waals surface area contributed by atoms with E-state index in [2.05, 4.69) is 21.7 Å². The molecule has 0 heterocycles. The van der Waals surface area contributed by atoms with Crippen LogP contribution in [-0.4, -0.2) is 23.0 Å². The van der Waals surface area contributed by atoms with Crippen molar-refractivity contribution in [2.75, 3.05) is 0 Å². The minimum Gasteiger partial charge on any atom is -0.549 e. The van der Waals surface area contributed by atoms with E-state index in [0.717, 1.165) is 0 Å². The topological polar surface area (TPSA) is 66.2 Å². The summed E-state index contributed by atoms with van der Waals surface area (Å²) in [5.74, 6) is -1.88. The first-order valence-corrected chi connectivity index (χ1v) is 3.35. The Bertz CT molecular complexity index is 160. The van der Waals surface area contributed by atoms with Gasteiger partial charge >= 0.3 is 6.18 Å². The lowest BCUT2D eigenvalue weighted by Gasteiger charge is -2.21. The number of carboxylic acid groups (broad SMARTS) is 1. The Morgan fingerprint density at radius 3 is 2.00 bits per heavy atom. The Labute approximate surface area is 68.5 Å². The highest BCUT2D eigenvalue weighted by atomic mass is 79.9. The molecule has 2 atom stereocenters. The molecule has 0 rings (SSSR count). The van der Waals surface area contributed by atoms with Crippen molar-refractivity contribution in [2.24, 2.45) is 5.73 Å². The monoisotopic (exact) mass is 234 g/mol. The van der Waals surface area contributed by atoms with Gasteiger partial charge in [-0.1, -0.05) is 15.9 Å². The van der Waals surface area contributed by atoms with Crippen molar-refractivity contribution >= 4 is 21.9 Å². The molecule has 2 N–H and O–H groups in total. The summed E-state index contributed by atoms with van der Waals surface area (Å²) in [5, 5.41) is 9.85. The van der Waals surface area contributed by atoms with Gasteiger partial charge < -0.3 is 15.6 Å². The van der Waals surface area contributed by atoms with E-state index < -0.39 is 23.0 Å². The summed E-state index contributed by atoms with van der Waals surface area (Å²) in [6.07, 6.45) is -4.73. The van der Waals surface area contributed by atoms with Gasteiger partial charge in [0.15, 0.2) is 0 Å². The van der Waals surface area contributed by atoms with E-state index in [0.29, 0.717) is 0 Å². The summed E-state index contributed by atoms with van der Waals surface area (Å²) >= 11 is 2.24. The quantitative estimate of drug-likeness (QED) is 0.649. The predicted molar refractivity (Wildman–Crippen MR) is 31.8 cm³/mol. The highest BCUT2D eigenvalue weighted by molar-refractivity contribution is 9.10. The van der Waals surface area contributed by atoms with Crippen molar-refractivity contribution in [1.82, 2.24) is 0 Å². The van der Waals surface area contributed by atoms with Crippen LogP contribution in [0.3, 0.4) is 0 Å². The fourth-order valence-electron chi connectivity index (χ4n) is 0.313. The molecule has 0 fully saturated rings. The zero-order valence-corrected chi connectivity index (χ0v) is 6.65. The van der Waals surface area contributed by atoms with Crippen LogP contribution in [-0.2, 0) is 4.79 Å². The van der Waals surface area contributed by atoms with E-state index in [9.17, 15) is 23.1 Å². The lowest BCUT2D eigenvalue weighted by atomic mass is 10.2. The van der Waals surface area contributed by atoms with E-state index in [1.165, 1.54) is 0 Å². The first kappa shape index (κ1) is 10.7. The molecule has 0 saturated heterocycles. The summed E-state index contributed by atoms with van der Waals surface area (Å²) in [7, 11) is 0. The molecule has 11 heavy (non-hydrogen) atoms. The van der Waals surface area contributed by atoms with Crippen molar-refractivity contribution in [3.05, 3.63) is 0 Å². The van der Waals surface area contributed by atoms with E-state index in [4.69, 9.17) is 0 Å². The Balaban J connectivity index is 4.25. The average Bonchev–Trinajstić information content (AvgIpc) is 1.82. The molecule has 0 aromatic carbocycles.